The van der Waals surface area contributed by atoms with Gasteiger partial charge in [0.1, 0.15) is 5.75 Å². The molecule has 22 heavy (non-hydrogen) atoms. The number of ketones is 1. The summed E-state index contributed by atoms with van der Waals surface area (Å²) in [6, 6.07) is 7.18. The van der Waals surface area contributed by atoms with E-state index in [1.165, 1.54) is 24.3 Å². The molecule has 0 bridgehead atoms. The number of phenolic OH excluding ortho intramolecular Hbond substituents is 3. The van der Waals surface area contributed by atoms with Crippen molar-refractivity contribution >= 4 is 17.5 Å². The van der Waals surface area contributed by atoms with Crippen LogP contribution in [0.2, 0.25) is 0 Å². The van der Waals surface area contributed by atoms with Crippen molar-refractivity contribution in [3.05, 3.63) is 63.7 Å². The minimum Gasteiger partial charge on any atom is -0.507 e. The number of nitrogens with zero attached hydrogens (tertiary/aromatic N) is 1. The van der Waals surface area contributed by atoms with Gasteiger partial charge in [0.25, 0.3) is 5.69 Å². The van der Waals surface area contributed by atoms with E-state index in [0.717, 1.165) is 24.3 Å². The zero-order valence-electron chi connectivity index (χ0n) is 11.1. The molecule has 112 valence electrons. The lowest BCUT2D eigenvalue weighted by atomic mass is 10.1. The van der Waals surface area contributed by atoms with E-state index in [-0.39, 0.29) is 22.7 Å². The molecule has 3 N–H and O–H groups in total. The summed E-state index contributed by atoms with van der Waals surface area (Å²) < 4.78 is 0. The molecule has 2 aromatic rings. The summed E-state index contributed by atoms with van der Waals surface area (Å²) in [7, 11) is 0. The maximum absolute atomic E-state index is 11.9. The number of allylic oxidation sites excluding steroid dienone is 1. The lowest BCUT2D eigenvalue weighted by Gasteiger charge is -2.01. The van der Waals surface area contributed by atoms with E-state index >= 15 is 0 Å². The van der Waals surface area contributed by atoms with Crippen molar-refractivity contribution in [3.8, 4) is 17.2 Å². The molecule has 0 aliphatic rings. The van der Waals surface area contributed by atoms with E-state index in [1.54, 1.807) is 0 Å². The monoisotopic (exact) mass is 301 g/mol. The zero-order chi connectivity index (χ0) is 16.3. The minimum absolute atomic E-state index is 0.0788. The molecule has 7 nitrogen and oxygen atoms in total. The molecule has 0 spiro atoms. The van der Waals surface area contributed by atoms with Crippen LogP contribution in [0.25, 0.3) is 6.08 Å². The van der Waals surface area contributed by atoms with Crippen molar-refractivity contribution in [2.75, 3.05) is 0 Å². The van der Waals surface area contributed by atoms with E-state index < -0.39 is 16.5 Å². The Bertz CT molecular complexity index is 782. The molecule has 2 aromatic carbocycles. The highest BCUT2D eigenvalue weighted by Gasteiger charge is 2.13. The first-order valence-corrected chi connectivity index (χ1v) is 6.10. The van der Waals surface area contributed by atoms with Gasteiger partial charge in [0.05, 0.1) is 16.6 Å². The Morgan fingerprint density at radius 3 is 2.32 bits per heavy atom. The highest BCUT2D eigenvalue weighted by atomic mass is 16.6. The maximum atomic E-state index is 11.9. The number of non-ortho nitro benzene ring substituents is 1. The number of carbonyl (C=O) groups excluding carboxylic acids is 1. The van der Waals surface area contributed by atoms with Crippen LogP contribution in [0, 0.1) is 10.1 Å². The second-order valence-corrected chi connectivity index (χ2v) is 4.40. The quantitative estimate of drug-likeness (QED) is 0.262. The van der Waals surface area contributed by atoms with Crippen molar-refractivity contribution in [1.29, 1.82) is 0 Å². The number of carbonyl (C=O) groups is 1. The van der Waals surface area contributed by atoms with Gasteiger partial charge in [0.2, 0.25) is 0 Å². The summed E-state index contributed by atoms with van der Waals surface area (Å²) in [5.74, 6) is -1.65. The van der Waals surface area contributed by atoms with E-state index in [0.29, 0.717) is 5.56 Å². The first kappa shape index (κ1) is 15.0. The summed E-state index contributed by atoms with van der Waals surface area (Å²) in [6.07, 6.45) is 2.52. The molecular weight excluding hydrogens is 290 g/mol. The Morgan fingerprint density at radius 1 is 1.00 bits per heavy atom. The highest BCUT2D eigenvalue weighted by Crippen LogP contribution is 2.26. The predicted molar refractivity (Wildman–Crippen MR) is 77.9 cm³/mol. The number of hydrogen-bond acceptors (Lipinski definition) is 6. The fourth-order valence-corrected chi connectivity index (χ4v) is 1.75. The Hall–Kier alpha value is -3.35. The summed E-state index contributed by atoms with van der Waals surface area (Å²) in [4.78, 5) is 21.8. The molecule has 0 aliphatic carbocycles. The first-order chi connectivity index (χ1) is 10.4. The number of nitro groups is 1. The molecule has 0 radical (unpaired) electrons. The van der Waals surface area contributed by atoms with Gasteiger partial charge in [-0.15, -0.1) is 0 Å². The second kappa shape index (κ2) is 5.96. The van der Waals surface area contributed by atoms with Gasteiger partial charge in [-0.3, -0.25) is 14.9 Å². The third-order valence-corrected chi connectivity index (χ3v) is 2.88. The SMILES string of the molecule is O=C(/C=C/c1ccc(O)c(O)c1)c1ccc([N+](=O)[O-])cc1O. The molecule has 0 unspecified atom stereocenters. The van der Waals surface area contributed by atoms with Crippen LogP contribution in [0.5, 0.6) is 17.2 Å². The van der Waals surface area contributed by atoms with Gasteiger partial charge in [-0.25, -0.2) is 0 Å². The first-order valence-electron chi connectivity index (χ1n) is 6.10. The molecule has 0 aromatic heterocycles. The Morgan fingerprint density at radius 2 is 1.73 bits per heavy atom. The lowest BCUT2D eigenvalue weighted by molar-refractivity contribution is -0.384. The number of hydrogen-bond donors (Lipinski definition) is 3. The smallest absolute Gasteiger partial charge is 0.273 e. The van der Waals surface area contributed by atoms with Gasteiger partial charge in [0, 0.05) is 6.07 Å². The van der Waals surface area contributed by atoms with Crippen molar-refractivity contribution in [2.24, 2.45) is 0 Å². The molecule has 0 heterocycles. The number of benzene rings is 2. The van der Waals surface area contributed by atoms with Gasteiger partial charge >= 0.3 is 0 Å². The standard InChI is InChI=1S/C15H11NO6/c17-12(5-1-9-2-6-13(18)15(20)7-9)11-4-3-10(16(21)22)8-14(11)19/h1-8,18-20H/b5-1+. The number of rotatable bonds is 4. The van der Waals surface area contributed by atoms with Crippen LogP contribution in [0.3, 0.4) is 0 Å². The van der Waals surface area contributed by atoms with Crippen LogP contribution in [0.4, 0.5) is 5.69 Å². The number of phenols is 3. The average Bonchev–Trinajstić information content (AvgIpc) is 2.48. The van der Waals surface area contributed by atoms with Gasteiger partial charge in [-0.05, 0) is 29.8 Å². The molecule has 0 atom stereocenters. The van der Waals surface area contributed by atoms with Gasteiger partial charge in [0.15, 0.2) is 17.3 Å². The van der Waals surface area contributed by atoms with Gasteiger partial charge < -0.3 is 15.3 Å². The lowest BCUT2D eigenvalue weighted by Crippen LogP contribution is -1.96. The number of nitro benzene ring substituents is 1. The second-order valence-electron chi connectivity index (χ2n) is 4.40. The topological polar surface area (TPSA) is 121 Å². The van der Waals surface area contributed by atoms with Crippen LogP contribution in [0.15, 0.2) is 42.5 Å². The molecular formula is C15H11NO6. The molecule has 7 heteroatoms. The molecule has 0 aliphatic heterocycles. The Kier molecular flexibility index (Phi) is 4.08. The van der Waals surface area contributed by atoms with E-state index in [2.05, 4.69) is 0 Å². The minimum atomic E-state index is -0.678. The average molecular weight is 301 g/mol. The van der Waals surface area contributed by atoms with Crippen LogP contribution in [0.1, 0.15) is 15.9 Å². The normalized spacial score (nSPS) is 10.7. The van der Waals surface area contributed by atoms with Crippen molar-refractivity contribution in [3.63, 3.8) is 0 Å². The molecule has 0 fully saturated rings. The van der Waals surface area contributed by atoms with E-state index in [1.807, 2.05) is 0 Å². The summed E-state index contributed by atoms with van der Waals surface area (Å²) in [5.41, 5.74) is 0.0661. The highest BCUT2D eigenvalue weighted by molar-refractivity contribution is 6.08. The van der Waals surface area contributed by atoms with Crippen molar-refractivity contribution in [2.45, 2.75) is 0 Å². The summed E-state index contributed by atoms with van der Waals surface area (Å²) in [5, 5.41) is 38.7. The fraction of sp³-hybridized carbons (Fsp3) is 0. The molecule has 0 saturated heterocycles. The van der Waals surface area contributed by atoms with Crippen molar-refractivity contribution in [1.82, 2.24) is 0 Å². The van der Waals surface area contributed by atoms with Gasteiger partial charge in [-0.1, -0.05) is 12.1 Å². The van der Waals surface area contributed by atoms with E-state index in [9.17, 15) is 30.2 Å². The largest absolute Gasteiger partial charge is 0.507 e. The zero-order valence-corrected chi connectivity index (χ0v) is 11.1. The Balaban J connectivity index is 2.23. The molecule has 0 saturated carbocycles. The van der Waals surface area contributed by atoms with E-state index in [4.69, 9.17) is 0 Å². The number of aromatic hydroxyl groups is 3. The van der Waals surface area contributed by atoms with Crippen LogP contribution in [-0.2, 0) is 0 Å². The summed E-state index contributed by atoms with van der Waals surface area (Å²) in [6.45, 7) is 0. The molecule has 0 amide bonds. The predicted octanol–water partition coefficient (Wildman–Crippen LogP) is 2.61. The fourth-order valence-electron chi connectivity index (χ4n) is 1.75. The maximum Gasteiger partial charge on any atom is 0.273 e. The van der Waals surface area contributed by atoms with Crippen LogP contribution >= 0.6 is 0 Å². The van der Waals surface area contributed by atoms with Gasteiger partial charge in [-0.2, -0.15) is 0 Å². The Labute approximate surface area is 124 Å². The van der Waals surface area contributed by atoms with Crippen LogP contribution in [-0.4, -0.2) is 26.0 Å². The third kappa shape index (κ3) is 3.21. The van der Waals surface area contributed by atoms with Crippen molar-refractivity contribution < 1.29 is 25.0 Å². The molecule has 2 rings (SSSR count). The van der Waals surface area contributed by atoms with Crippen LogP contribution < -0.4 is 0 Å². The third-order valence-electron chi connectivity index (χ3n) is 2.88. The summed E-state index contributed by atoms with van der Waals surface area (Å²) >= 11 is 0.